The van der Waals surface area contributed by atoms with Crippen molar-refractivity contribution < 1.29 is 19.0 Å². The van der Waals surface area contributed by atoms with Crippen LogP contribution in [0.4, 0.5) is 0 Å². The van der Waals surface area contributed by atoms with Crippen LogP contribution in [0.15, 0.2) is 18.2 Å². The number of fused-ring (bicyclic) bond motifs is 2. The molecule has 0 N–H and O–H groups in total. The second kappa shape index (κ2) is 6.40. The Balaban J connectivity index is 1.37. The van der Waals surface area contributed by atoms with E-state index in [4.69, 9.17) is 14.2 Å². The summed E-state index contributed by atoms with van der Waals surface area (Å²) >= 11 is 0. The summed E-state index contributed by atoms with van der Waals surface area (Å²) in [7, 11) is 0. The maximum absolute atomic E-state index is 12.3. The van der Waals surface area contributed by atoms with Gasteiger partial charge in [-0.1, -0.05) is 6.42 Å². The van der Waals surface area contributed by atoms with Crippen LogP contribution in [0.5, 0.6) is 11.5 Å². The van der Waals surface area contributed by atoms with Crippen LogP contribution >= 0.6 is 0 Å². The zero-order chi connectivity index (χ0) is 15.6. The Labute approximate surface area is 136 Å². The molecule has 4 rings (SSSR count). The summed E-state index contributed by atoms with van der Waals surface area (Å²) in [5, 5.41) is 0. The summed E-state index contributed by atoms with van der Waals surface area (Å²) in [5.74, 6) is 1.51. The lowest BCUT2D eigenvalue weighted by molar-refractivity contribution is 0.00737. The predicted octanol–water partition coefficient (Wildman–Crippen LogP) is 2.84. The van der Waals surface area contributed by atoms with Gasteiger partial charge in [-0.2, -0.15) is 0 Å². The van der Waals surface area contributed by atoms with Gasteiger partial charge in [-0.15, -0.1) is 0 Å². The number of carbonyl (C=O) groups is 1. The van der Waals surface area contributed by atoms with Crippen molar-refractivity contribution >= 4 is 5.97 Å². The molecule has 0 bridgehead atoms. The molecular weight excluding hydrogens is 294 g/mol. The second-order valence-corrected chi connectivity index (χ2v) is 6.67. The van der Waals surface area contributed by atoms with Crippen LogP contribution in [0.2, 0.25) is 0 Å². The first-order chi connectivity index (χ1) is 11.3. The van der Waals surface area contributed by atoms with E-state index in [1.54, 1.807) is 18.2 Å². The van der Waals surface area contributed by atoms with Crippen molar-refractivity contribution in [1.82, 2.24) is 4.90 Å². The van der Waals surface area contributed by atoms with E-state index in [0.29, 0.717) is 35.6 Å². The summed E-state index contributed by atoms with van der Waals surface area (Å²) in [4.78, 5) is 14.9. The Hall–Kier alpha value is -1.75. The third kappa shape index (κ3) is 3.02. The highest BCUT2D eigenvalue weighted by molar-refractivity contribution is 5.90. The lowest BCUT2D eigenvalue weighted by atomic mass is 9.84. The summed E-state index contributed by atoms with van der Waals surface area (Å²) in [6.45, 7) is 3.15. The molecule has 0 spiro atoms. The highest BCUT2D eigenvalue weighted by Gasteiger charge is 2.33. The number of carbonyl (C=O) groups excluding carboxylic acids is 1. The maximum Gasteiger partial charge on any atom is 0.338 e. The van der Waals surface area contributed by atoms with Crippen LogP contribution < -0.4 is 9.47 Å². The van der Waals surface area contributed by atoms with Crippen molar-refractivity contribution in [3.05, 3.63) is 23.8 Å². The quantitative estimate of drug-likeness (QED) is 0.802. The topological polar surface area (TPSA) is 48.0 Å². The van der Waals surface area contributed by atoms with Gasteiger partial charge < -0.3 is 14.2 Å². The standard InChI is InChI=1S/C18H23NO4/c20-18(13-6-7-16-17(10-13)23-12-22-16)21-11-14-4-3-9-19-8-2-1-5-15(14)19/h6-7,10,14-15H,1-5,8-9,11-12H2/t14-,15-/m1/s1. The van der Waals surface area contributed by atoms with Gasteiger partial charge in [-0.3, -0.25) is 4.90 Å². The van der Waals surface area contributed by atoms with Gasteiger partial charge in [0.15, 0.2) is 11.5 Å². The maximum atomic E-state index is 12.3. The predicted molar refractivity (Wildman–Crippen MR) is 84.8 cm³/mol. The van der Waals surface area contributed by atoms with Crippen molar-refractivity contribution in [2.45, 2.75) is 38.1 Å². The number of hydrogen-bond acceptors (Lipinski definition) is 5. The molecule has 3 aliphatic rings. The van der Waals surface area contributed by atoms with Crippen LogP contribution in [0.25, 0.3) is 0 Å². The average Bonchev–Trinajstić information content (AvgIpc) is 3.07. The Morgan fingerprint density at radius 3 is 2.96 bits per heavy atom. The highest BCUT2D eigenvalue weighted by Crippen LogP contribution is 2.33. The number of rotatable bonds is 3. The molecule has 0 radical (unpaired) electrons. The molecule has 0 aromatic heterocycles. The number of piperidine rings is 2. The molecule has 2 atom stereocenters. The van der Waals surface area contributed by atoms with Crippen molar-refractivity contribution in [3.63, 3.8) is 0 Å². The summed E-state index contributed by atoms with van der Waals surface area (Å²) in [6, 6.07) is 5.81. The molecule has 5 nitrogen and oxygen atoms in total. The van der Waals surface area contributed by atoms with Crippen LogP contribution in [0.1, 0.15) is 42.5 Å². The molecule has 1 aromatic rings. The summed E-state index contributed by atoms with van der Waals surface area (Å²) in [5.41, 5.74) is 0.533. The van der Waals surface area contributed by atoms with Gasteiger partial charge in [-0.25, -0.2) is 4.79 Å². The molecule has 0 aliphatic carbocycles. The number of esters is 1. The van der Waals surface area contributed by atoms with E-state index in [-0.39, 0.29) is 12.8 Å². The van der Waals surface area contributed by atoms with Gasteiger partial charge in [0.1, 0.15) is 0 Å². The summed E-state index contributed by atoms with van der Waals surface area (Å²) in [6.07, 6.45) is 6.22. The molecule has 2 fully saturated rings. The number of hydrogen-bond donors (Lipinski definition) is 0. The Kier molecular flexibility index (Phi) is 4.12. The largest absolute Gasteiger partial charge is 0.462 e. The molecule has 1 aromatic carbocycles. The van der Waals surface area contributed by atoms with Crippen molar-refractivity contribution in [1.29, 1.82) is 0 Å². The molecule has 3 aliphatic heterocycles. The van der Waals surface area contributed by atoms with E-state index in [2.05, 4.69) is 4.90 Å². The van der Waals surface area contributed by atoms with E-state index in [1.807, 2.05) is 0 Å². The van der Waals surface area contributed by atoms with E-state index >= 15 is 0 Å². The molecule has 124 valence electrons. The molecule has 3 heterocycles. The molecular formula is C18H23NO4. The third-order valence-corrected chi connectivity index (χ3v) is 5.27. The molecule has 5 heteroatoms. The van der Waals surface area contributed by atoms with Crippen molar-refractivity contribution in [3.8, 4) is 11.5 Å². The van der Waals surface area contributed by atoms with E-state index in [9.17, 15) is 4.79 Å². The van der Waals surface area contributed by atoms with Gasteiger partial charge in [0.25, 0.3) is 0 Å². The van der Waals surface area contributed by atoms with Gasteiger partial charge in [0.2, 0.25) is 6.79 Å². The number of benzene rings is 1. The molecule has 2 saturated heterocycles. The van der Waals surface area contributed by atoms with Crippen molar-refractivity contribution in [2.75, 3.05) is 26.5 Å². The second-order valence-electron chi connectivity index (χ2n) is 6.67. The fourth-order valence-electron chi connectivity index (χ4n) is 4.06. The van der Waals surface area contributed by atoms with E-state index < -0.39 is 0 Å². The first kappa shape index (κ1) is 14.8. The van der Waals surface area contributed by atoms with Crippen LogP contribution in [-0.2, 0) is 4.74 Å². The lowest BCUT2D eigenvalue weighted by Gasteiger charge is -2.44. The zero-order valence-electron chi connectivity index (χ0n) is 13.3. The number of nitrogens with zero attached hydrogens (tertiary/aromatic N) is 1. The first-order valence-electron chi connectivity index (χ1n) is 8.62. The Morgan fingerprint density at radius 1 is 1.13 bits per heavy atom. The van der Waals surface area contributed by atoms with E-state index in [0.717, 1.165) is 6.42 Å². The molecule has 0 saturated carbocycles. The minimum Gasteiger partial charge on any atom is -0.462 e. The van der Waals surface area contributed by atoms with Crippen LogP contribution in [0.3, 0.4) is 0 Å². The lowest BCUT2D eigenvalue weighted by Crippen LogP contribution is -2.49. The van der Waals surface area contributed by atoms with Gasteiger partial charge in [0.05, 0.1) is 12.2 Å². The molecule has 0 amide bonds. The fourth-order valence-corrected chi connectivity index (χ4v) is 4.06. The zero-order valence-corrected chi connectivity index (χ0v) is 13.3. The highest BCUT2D eigenvalue weighted by atomic mass is 16.7. The average molecular weight is 317 g/mol. The Morgan fingerprint density at radius 2 is 2.00 bits per heavy atom. The van der Waals surface area contributed by atoms with Gasteiger partial charge in [0, 0.05) is 12.0 Å². The van der Waals surface area contributed by atoms with Crippen LogP contribution in [0, 0.1) is 5.92 Å². The fraction of sp³-hybridized carbons (Fsp3) is 0.611. The third-order valence-electron chi connectivity index (χ3n) is 5.27. The molecule has 23 heavy (non-hydrogen) atoms. The smallest absolute Gasteiger partial charge is 0.338 e. The SMILES string of the molecule is O=C(OC[C@H]1CCCN2CCCC[C@H]12)c1ccc2c(c1)OCO2. The minimum absolute atomic E-state index is 0.216. The number of ether oxygens (including phenoxy) is 3. The van der Waals surface area contributed by atoms with Gasteiger partial charge >= 0.3 is 5.97 Å². The van der Waals surface area contributed by atoms with Gasteiger partial charge in [-0.05, 0) is 57.0 Å². The molecule has 0 unspecified atom stereocenters. The Bertz CT molecular complexity index is 586. The first-order valence-corrected chi connectivity index (χ1v) is 8.62. The minimum atomic E-state index is -0.267. The van der Waals surface area contributed by atoms with Crippen molar-refractivity contribution in [2.24, 2.45) is 5.92 Å². The summed E-state index contributed by atoms with van der Waals surface area (Å²) < 4.78 is 16.2. The monoisotopic (exact) mass is 317 g/mol. The van der Waals surface area contributed by atoms with E-state index in [1.165, 1.54) is 38.8 Å². The van der Waals surface area contributed by atoms with Crippen LogP contribution in [-0.4, -0.2) is 43.4 Å². The normalized spacial score (nSPS) is 26.6.